The molecule has 0 saturated carbocycles. The third-order valence-corrected chi connectivity index (χ3v) is 6.54. The van der Waals surface area contributed by atoms with Gasteiger partial charge in [0.05, 0.1) is 11.7 Å². The van der Waals surface area contributed by atoms with Crippen LogP contribution in [0.15, 0.2) is 128 Å². The molecule has 0 atom stereocenters. The van der Waals surface area contributed by atoms with E-state index in [4.69, 9.17) is 10.7 Å². The smallest absolute Gasteiger partial charge is 0.255 e. The van der Waals surface area contributed by atoms with E-state index in [0.717, 1.165) is 33.6 Å². The van der Waals surface area contributed by atoms with Crippen LogP contribution in [0.1, 0.15) is 15.9 Å². The first-order chi connectivity index (χ1) is 19.2. The Morgan fingerprint density at radius 2 is 1.51 bits per heavy atom. The number of aromatic nitrogens is 3. The number of nitrogens with two attached hydrogens (primary N) is 1. The second-order valence-electron chi connectivity index (χ2n) is 9.07. The summed E-state index contributed by atoms with van der Waals surface area (Å²) in [4.78, 5) is 19.6. The summed E-state index contributed by atoms with van der Waals surface area (Å²) < 4.78 is 1.82. The van der Waals surface area contributed by atoms with E-state index >= 15 is 0 Å². The molecule has 2 heterocycles. The first-order valence-electron chi connectivity index (χ1n) is 12.6. The summed E-state index contributed by atoms with van der Waals surface area (Å²) in [6.07, 6.45) is 3.54. The Morgan fingerprint density at radius 3 is 2.28 bits per heavy atom. The molecular weight excluding hydrogens is 484 g/mol. The van der Waals surface area contributed by atoms with Gasteiger partial charge in [0.1, 0.15) is 0 Å². The first kappa shape index (κ1) is 24.1. The summed E-state index contributed by atoms with van der Waals surface area (Å²) in [5, 5.41) is 7.50. The molecule has 4 aromatic carbocycles. The predicted octanol–water partition coefficient (Wildman–Crippen LogP) is 6.58. The molecule has 7 heteroatoms. The summed E-state index contributed by atoms with van der Waals surface area (Å²) >= 11 is 0. The summed E-state index contributed by atoms with van der Waals surface area (Å²) in [6, 6.07) is 37.5. The van der Waals surface area contributed by atoms with Crippen molar-refractivity contribution in [2.45, 2.75) is 6.54 Å². The van der Waals surface area contributed by atoms with Crippen molar-refractivity contribution >= 4 is 34.4 Å². The number of fused-ring (bicyclic) bond motifs is 1. The van der Waals surface area contributed by atoms with Crippen molar-refractivity contribution in [1.29, 1.82) is 0 Å². The highest BCUT2D eigenvalue weighted by Gasteiger charge is 2.18. The quantitative estimate of drug-likeness (QED) is 0.253. The Balaban J connectivity index is 1.36. The van der Waals surface area contributed by atoms with Crippen LogP contribution in [0.5, 0.6) is 0 Å². The zero-order valence-electron chi connectivity index (χ0n) is 21.1. The third-order valence-electron chi connectivity index (χ3n) is 6.54. The maximum atomic E-state index is 12.8. The van der Waals surface area contributed by atoms with Gasteiger partial charge in [-0.1, -0.05) is 54.6 Å². The maximum absolute atomic E-state index is 12.8. The van der Waals surface area contributed by atoms with Crippen LogP contribution in [0.25, 0.3) is 16.6 Å². The van der Waals surface area contributed by atoms with Gasteiger partial charge in [-0.2, -0.15) is 9.61 Å². The topological polar surface area (TPSA) is 88.5 Å². The molecule has 6 aromatic rings. The molecule has 7 nitrogen and oxygen atoms in total. The predicted molar refractivity (Wildman–Crippen MR) is 155 cm³/mol. The molecule has 0 unspecified atom stereocenters. The lowest BCUT2D eigenvalue weighted by Gasteiger charge is -2.25. The van der Waals surface area contributed by atoms with E-state index in [0.29, 0.717) is 23.7 Å². The van der Waals surface area contributed by atoms with Crippen molar-refractivity contribution in [3.8, 4) is 11.1 Å². The molecule has 2 aromatic heterocycles. The Kier molecular flexibility index (Phi) is 6.55. The van der Waals surface area contributed by atoms with Crippen LogP contribution < -0.4 is 16.0 Å². The number of hydrogen-bond donors (Lipinski definition) is 2. The van der Waals surface area contributed by atoms with E-state index in [1.54, 1.807) is 24.5 Å². The highest BCUT2D eigenvalue weighted by Crippen LogP contribution is 2.36. The summed E-state index contributed by atoms with van der Waals surface area (Å²) in [7, 11) is 0. The molecule has 1 amide bonds. The molecule has 0 aliphatic rings. The highest BCUT2D eigenvalue weighted by molar-refractivity contribution is 6.04. The highest BCUT2D eigenvalue weighted by atomic mass is 16.1. The fourth-order valence-electron chi connectivity index (χ4n) is 4.52. The van der Waals surface area contributed by atoms with Gasteiger partial charge in [-0.3, -0.25) is 9.69 Å². The van der Waals surface area contributed by atoms with Gasteiger partial charge in [-0.05, 0) is 77.4 Å². The van der Waals surface area contributed by atoms with E-state index in [-0.39, 0.29) is 5.91 Å². The van der Waals surface area contributed by atoms with Gasteiger partial charge in [0.2, 0.25) is 5.95 Å². The molecule has 190 valence electrons. The normalized spacial score (nSPS) is 10.9. The number of rotatable bonds is 7. The molecule has 0 saturated heterocycles. The van der Waals surface area contributed by atoms with Gasteiger partial charge in [-0.15, -0.1) is 0 Å². The average Bonchev–Trinajstić information content (AvgIpc) is 3.49. The number of nitrogens with one attached hydrogen (secondary N) is 1. The van der Waals surface area contributed by atoms with Gasteiger partial charge >= 0.3 is 0 Å². The van der Waals surface area contributed by atoms with Crippen molar-refractivity contribution in [1.82, 2.24) is 14.6 Å². The van der Waals surface area contributed by atoms with E-state index in [1.807, 2.05) is 77.3 Å². The van der Waals surface area contributed by atoms with Crippen molar-refractivity contribution in [3.05, 3.63) is 139 Å². The fourth-order valence-corrected chi connectivity index (χ4v) is 4.52. The SMILES string of the molecule is NCc1ccc(C(=O)Nc2ccc(N(c3cccc(-c4ccccc4)c3)c3nccc4ccnn34)cc2)cc1. The Morgan fingerprint density at radius 1 is 0.769 bits per heavy atom. The Labute approximate surface area is 226 Å². The lowest BCUT2D eigenvalue weighted by atomic mass is 10.0. The molecule has 0 spiro atoms. The lowest BCUT2D eigenvalue weighted by Crippen LogP contribution is -2.16. The van der Waals surface area contributed by atoms with Crippen LogP contribution >= 0.6 is 0 Å². The second kappa shape index (κ2) is 10.6. The van der Waals surface area contributed by atoms with E-state index in [1.165, 1.54) is 0 Å². The van der Waals surface area contributed by atoms with Gasteiger partial charge in [-0.25, -0.2) is 4.98 Å². The van der Waals surface area contributed by atoms with Gasteiger partial charge in [0.25, 0.3) is 5.91 Å². The molecule has 0 fully saturated rings. The largest absolute Gasteiger partial charge is 0.326 e. The van der Waals surface area contributed by atoms with Crippen LogP contribution in [0.3, 0.4) is 0 Å². The molecule has 39 heavy (non-hydrogen) atoms. The molecule has 6 rings (SSSR count). The van der Waals surface area contributed by atoms with E-state index in [9.17, 15) is 4.79 Å². The number of benzene rings is 4. The van der Waals surface area contributed by atoms with Crippen molar-refractivity contribution in [2.24, 2.45) is 5.73 Å². The van der Waals surface area contributed by atoms with Crippen molar-refractivity contribution in [3.63, 3.8) is 0 Å². The minimum Gasteiger partial charge on any atom is -0.326 e. The number of anilines is 4. The molecule has 0 radical (unpaired) electrons. The molecule has 0 bridgehead atoms. The van der Waals surface area contributed by atoms with Crippen molar-refractivity contribution in [2.75, 3.05) is 10.2 Å². The number of hydrogen-bond acceptors (Lipinski definition) is 5. The fraction of sp³-hybridized carbons (Fsp3) is 0.0312. The minimum atomic E-state index is -0.179. The third kappa shape index (κ3) is 4.99. The summed E-state index contributed by atoms with van der Waals surface area (Å²) in [5.41, 5.74) is 12.9. The van der Waals surface area contributed by atoms with Crippen LogP contribution in [0.4, 0.5) is 23.0 Å². The van der Waals surface area contributed by atoms with E-state index in [2.05, 4.69) is 45.6 Å². The standard InChI is InChI=1S/C32H26N6O/c33-22-23-9-11-25(12-10-23)31(39)36-27-13-15-28(16-14-27)37(32-34-19-17-29-18-20-35-38(29)32)30-8-4-7-26(21-30)24-5-2-1-3-6-24/h1-21H,22,33H2,(H,36,39). The Bertz CT molecular complexity index is 1730. The van der Waals surface area contributed by atoms with E-state index < -0.39 is 0 Å². The van der Waals surface area contributed by atoms with Gasteiger partial charge in [0.15, 0.2) is 0 Å². The summed E-state index contributed by atoms with van der Waals surface area (Å²) in [5.74, 6) is 0.473. The number of nitrogens with zero attached hydrogens (tertiary/aromatic N) is 4. The van der Waals surface area contributed by atoms with Crippen LogP contribution in [-0.4, -0.2) is 20.5 Å². The number of carbonyl (C=O) groups is 1. The zero-order valence-corrected chi connectivity index (χ0v) is 21.1. The number of amides is 1. The van der Waals surface area contributed by atoms with Gasteiger partial charge < -0.3 is 11.1 Å². The second-order valence-corrected chi connectivity index (χ2v) is 9.07. The molecule has 3 N–H and O–H groups in total. The average molecular weight is 511 g/mol. The minimum absolute atomic E-state index is 0.179. The van der Waals surface area contributed by atoms with Crippen LogP contribution in [0.2, 0.25) is 0 Å². The maximum Gasteiger partial charge on any atom is 0.255 e. The summed E-state index contributed by atoms with van der Waals surface area (Å²) in [6.45, 7) is 0.440. The number of carbonyl (C=O) groups excluding carboxylic acids is 1. The zero-order chi connectivity index (χ0) is 26.6. The van der Waals surface area contributed by atoms with Gasteiger partial charge in [0, 0.05) is 35.4 Å². The molecular formula is C32H26N6O. The lowest BCUT2D eigenvalue weighted by molar-refractivity contribution is 0.102. The molecule has 0 aliphatic carbocycles. The van der Waals surface area contributed by atoms with Crippen molar-refractivity contribution < 1.29 is 4.79 Å². The molecule has 0 aliphatic heterocycles. The monoisotopic (exact) mass is 510 g/mol. The van der Waals surface area contributed by atoms with Crippen LogP contribution in [0, 0.1) is 0 Å². The first-order valence-corrected chi connectivity index (χ1v) is 12.6. The van der Waals surface area contributed by atoms with Crippen LogP contribution in [-0.2, 0) is 6.54 Å². The Hall–Kier alpha value is -5.27.